The number of carbonyl (C=O) groups is 2. The van der Waals surface area contributed by atoms with E-state index in [0.717, 1.165) is 6.07 Å². The Morgan fingerprint density at radius 2 is 1.27 bits per heavy atom. The van der Waals surface area contributed by atoms with Gasteiger partial charge in [0.15, 0.2) is 0 Å². The summed E-state index contributed by atoms with van der Waals surface area (Å²) in [5.74, 6) is -1.28. The van der Waals surface area contributed by atoms with Gasteiger partial charge in [-0.15, -0.1) is 0 Å². The van der Waals surface area contributed by atoms with Gasteiger partial charge in [0, 0.05) is 43.4 Å². The van der Waals surface area contributed by atoms with Gasteiger partial charge in [-0.25, -0.2) is 4.39 Å². The molecule has 2 N–H and O–H groups in total. The van der Waals surface area contributed by atoms with E-state index in [0.29, 0.717) is 38.2 Å². The Morgan fingerprint density at radius 1 is 0.769 bits per heavy atom. The zero-order chi connectivity index (χ0) is 18.7. The number of nitrogens with zero attached hydrogens (tertiary/aromatic N) is 2. The minimum Gasteiger partial charge on any atom is -0.508 e. The highest BCUT2D eigenvalue weighted by Crippen LogP contribution is 2.22. The van der Waals surface area contributed by atoms with E-state index in [2.05, 4.69) is 0 Å². The van der Waals surface area contributed by atoms with Gasteiger partial charge < -0.3 is 20.0 Å². The number of aromatic hydroxyl groups is 2. The highest BCUT2D eigenvalue weighted by atomic mass is 19.1. The quantitative estimate of drug-likeness (QED) is 0.863. The summed E-state index contributed by atoms with van der Waals surface area (Å²) >= 11 is 0. The number of phenols is 2. The summed E-state index contributed by atoms with van der Waals surface area (Å²) in [4.78, 5) is 28.4. The SMILES string of the molecule is O=C(c1ccc(F)cc1)N1CCCN(C(=O)c2cc(O)cc(O)c2)CC1. The minimum atomic E-state index is -0.399. The van der Waals surface area contributed by atoms with E-state index in [-0.39, 0.29) is 28.9 Å². The molecule has 3 rings (SSSR count). The van der Waals surface area contributed by atoms with Gasteiger partial charge in [0.25, 0.3) is 11.8 Å². The maximum atomic E-state index is 13.0. The van der Waals surface area contributed by atoms with Gasteiger partial charge in [0.05, 0.1) is 0 Å². The first-order chi connectivity index (χ1) is 12.4. The van der Waals surface area contributed by atoms with Crippen molar-refractivity contribution in [3.8, 4) is 11.5 Å². The molecular weight excluding hydrogens is 339 g/mol. The van der Waals surface area contributed by atoms with Gasteiger partial charge in [-0.05, 0) is 42.8 Å². The summed E-state index contributed by atoms with van der Waals surface area (Å²) < 4.78 is 13.0. The van der Waals surface area contributed by atoms with E-state index in [1.807, 2.05) is 0 Å². The van der Waals surface area contributed by atoms with Crippen molar-refractivity contribution in [1.82, 2.24) is 9.80 Å². The van der Waals surface area contributed by atoms with E-state index in [9.17, 15) is 24.2 Å². The molecular formula is C19H19FN2O4. The second-order valence-corrected chi connectivity index (χ2v) is 6.18. The molecule has 0 atom stereocenters. The maximum absolute atomic E-state index is 13.0. The lowest BCUT2D eigenvalue weighted by Gasteiger charge is -2.22. The second-order valence-electron chi connectivity index (χ2n) is 6.18. The topological polar surface area (TPSA) is 81.1 Å². The number of rotatable bonds is 2. The normalized spacial score (nSPS) is 14.8. The Hall–Kier alpha value is -3.09. The fourth-order valence-corrected chi connectivity index (χ4v) is 3.00. The Kier molecular flexibility index (Phi) is 5.06. The van der Waals surface area contributed by atoms with Crippen LogP contribution in [0.3, 0.4) is 0 Å². The van der Waals surface area contributed by atoms with E-state index >= 15 is 0 Å². The first-order valence-corrected chi connectivity index (χ1v) is 8.31. The summed E-state index contributed by atoms with van der Waals surface area (Å²) in [6.07, 6.45) is 0.601. The van der Waals surface area contributed by atoms with Crippen LogP contribution in [0, 0.1) is 5.82 Å². The van der Waals surface area contributed by atoms with Crippen molar-refractivity contribution >= 4 is 11.8 Å². The molecule has 26 heavy (non-hydrogen) atoms. The Morgan fingerprint density at radius 3 is 1.81 bits per heavy atom. The Bertz CT molecular complexity index is 803. The van der Waals surface area contributed by atoms with Crippen molar-refractivity contribution in [2.75, 3.05) is 26.2 Å². The first kappa shape index (κ1) is 17.7. The van der Waals surface area contributed by atoms with Crippen LogP contribution in [0.4, 0.5) is 4.39 Å². The molecule has 2 amide bonds. The Labute approximate surface area is 150 Å². The first-order valence-electron chi connectivity index (χ1n) is 8.31. The van der Waals surface area contributed by atoms with Crippen molar-refractivity contribution in [1.29, 1.82) is 0 Å². The van der Waals surface area contributed by atoms with Crippen LogP contribution in [0.25, 0.3) is 0 Å². The number of hydrogen-bond donors (Lipinski definition) is 2. The van der Waals surface area contributed by atoms with Crippen LogP contribution < -0.4 is 0 Å². The molecule has 136 valence electrons. The van der Waals surface area contributed by atoms with Gasteiger partial charge in [-0.2, -0.15) is 0 Å². The predicted molar refractivity (Wildman–Crippen MR) is 92.6 cm³/mol. The Balaban J connectivity index is 1.68. The van der Waals surface area contributed by atoms with Crippen molar-refractivity contribution in [2.24, 2.45) is 0 Å². The molecule has 0 bridgehead atoms. The van der Waals surface area contributed by atoms with Gasteiger partial charge in [0.2, 0.25) is 0 Å². The fourth-order valence-electron chi connectivity index (χ4n) is 3.00. The van der Waals surface area contributed by atoms with Crippen LogP contribution in [0.5, 0.6) is 11.5 Å². The molecule has 0 aliphatic carbocycles. The molecule has 0 saturated carbocycles. The van der Waals surface area contributed by atoms with Crippen molar-refractivity contribution in [2.45, 2.75) is 6.42 Å². The number of benzene rings is 2. The van der Waals surface area contributed by atoms with Gasteiger partial charge in [0.1, 0.15) is 17.3 Å². The zero-order valence-corrected chi connectivity index (χ0v) is 14.1. The molecule has 1 aliphatic heterocycles. The van der Waals surface area contributed by atoms with Crippen LogP contribution in [-0.2, 0) is 0 Å². The summed E-state index contributed by atoms with van der Waals surface area (Å²) in [6.45, 7) is 1.64. The summed E-state index contributed by atoms with van der Waals surface area (Å²) in [5.41, 5.74) is 0.602. The largest absolute Gasteiger partial charge is 0.508 e. The monoisotopic (exact) mass is 358 g/mol. The third-order valence-electron chi connectivity index (χ3n) is 4.31. The molecule has 0 spiro atoms. The smallest absolute Gasteiger partial charge is 0.254 e. The molecule has 1 heterocycles. The standard InChI is InChI=1S/C19H19FN2O4/c20-15-4-2-13(3-5-15)18(25)21-6-1-7-22(9-8-21)19(26)14-10-16(23)12-17(24)11-14/h2-5,10-12,23-24H,1,6-9H2. The van der Waals surface area contributed by atoms with Crippen molar-refractivity contribution < 1.29 is 24.2 Å². The molecule has 0 radical (unpaired) electrons. The number of carbonyl (C=O) groups excluding carboxylic acids is 2. The summed E-state index contributed by atoms with van der Waals surface area (Å²) in [5, 5.41) is 19.1. The van der Waals surface area contributed by atoms with Crippen LogP contribution in [0.15, 0.2) is 42.5 Å². The molecule has 2 aromatic rings. The number of phenolic OH excluding ortho intramolecular Hbond substituents is 2. The second kappa shape index (κ2) is 7.43. The van der Waals surface area contributed by atoms with Crippen LogP contribution in [0.2, 0.25) is 0 Å². The van der Waals surface area contributed by atoms with Crippen LogP contribution in [-0.4, -0.2) is 58.0 Å². The van der Waals surface area contributed by atoms with Crippen LogP contribution >= 0.6 is 0 Å². The summed E-state index contributed by atoms with van der Waals surface area (Å²) in [7, 11) is 0. The molecule has 7 heteroatoms. The maximum Gasteiger partial charge on any atom is 0.254 e. The number of hydrogen-bond acceptors (Lipinski definition) is 4. The third-order valence-corrected chi connectivity index (χ3v) is 4.31. The predicted octanol–water partition coefficient (Wildman–Crippen LogP) is 2.23. The molecule has 6 nitrogen and oxygen atoms in total. The fraction of sp³-hybridized carbons (Fsp3) is 0.263. The zero-order valence-electron chi connectivity index (χ0n) is 14.1. The highest BCUT2D eigenvalue weighted by Gasteiger charge is 2.24. The lowest BCUT2D eigenvalue weighted by molar-refractivity contribution is 0.0718. The number of halogens is 1. The number of amides is 2. The van der Waals surface area contributed by atoms with Crippen molar-refractivity contribution in [3.63, 3.8) is 0 Å². The van der Waals surface area contributed by atoms with Gasteiger partial charge in [-0.1, -0.05) is 0 Å². The molecule has 0 aromatic heterocycles. The average molecular weight is 358 g/mol. The minimum absolute atomic E-state index is 0.184. The molecule has 1 aliphatic rings. The molecule has 2 aromatic carbocycles. The van der Waals surface area contributed by atoms with Gasteiger partial charge in [-0.3, -0.25) is 9.59 Å². The van der Waals surface area contributed by atoms with E-state index in [1.54, 1.807) is 9.80 Å². The average Bonchev–Trinajstić information content (AvgIpc) is 2.86. The van der Waals surface area contributed by atoms with Gasteiger partial charge >= 0.3 is 0 Å². The highest BCUT2D eigenvalue weighted by molar-refractivity contribution is 5.96. The van der Waals surface area contributed by atoms with Crippen molar-refractivity contribution in [3.05, 3.63) is 59.4 Å². The molecule has 0 unspecified atom stereocenters. The molecule has 1 saturated heterocycles. The van der Waals surface area contributed by atoms with E-state index < -0.39 is 5.82 Å². The lowest BCUT2D eigenvalue weighted by atomic mass is 10.1. The molecule has 1 fully saturated rings. The van der Waals surface area contributed by atoms with Crippen LogP contribution in [0.1, 0.15) is 27.1 Å². The third kappa shape index (κ3) is 3.93. The van der Waals surface area contributed by atoms with E-state index in [1.165, 1.54) is 36.4 Å². The lowest BCUT2D eigenvalue weighted by Crippen LogP contribution is -2.37. The summed E-state index contributed by atoms with van der Waals surface area (Å²) in [6, 6.07) is 9.14. The van der Waals surface area contributed by atoms with E-state index in [4.69, 9.17) is 0 Å².